The highest BCUT2D eigenvalue weighted by molar-refractivity contribution is 9.10. The molecule has 0 aliphatic heterocycles. The topological polar surface area (TPSA) is 40.9 Å². The summed E-state index contributed by atoms with van der Waals surface area (Å²) in [6.45, 7) is 3.34. The molecule has 3 heteroatoms. The van der Waals surface area contributed by atoms with Gasteiger partial charge in [0.05, 0.1) is 5.56 Å². The van der Waals surface area contributed by atoms with E-state index < -0.39 is 0 Å². The molecule has 0 amide bonds. The Kier molecular flexibility index (Phi) is 2.84. The first kappa shape index (κ1) is 9.94. The Morgan fingerprint density at radius 2 is 2.15 bits per heavy atom. The minimum Gasteiger partial charge on any atom is -0.295 e. The highest BCUT2D eigenvalue weighted by Crippen LogP contribution is 2.24. The largest absolute Gasteiger partial charge is 0.295 e. The van der Waals surface area contributed by atoms with Gasteiger partial charge in [-0.2, -0.15) is 5.26 Å². The van der Waals surface area contributed by atoms with Crippen LogP contribution in [0, 0.1) is 18.3 Å². The van der Waals surface area contributed by atoms with Crippen molar-refractivity contribution >= 4 is 21.7 Å². The van der Waals surface area contributed by atoms with E-state index in [1.54, 1.807) is 12.1 Å². The number of rotatable bonds is 1. The maximum atomic E-state index is 11.1. The van der Waals surface area contributed by atoms with Crippen molar-refractivity contribution in [3.8, 4) is 6.07 Å². The fourth-order valence-corrected chi connectivity index (χ4v) is 1.59. The van der Waals surface area contributed by atoms with E-state index in [0.717, 1.165) is 5.56 Å². The molecular formula is C10H8BrNO. The van der Waals surface area contributed by atoms with Gasteiger partial charge in [-0.3, -0.25) is 4.79 Å². The van der Waals surface area contributed by atoms with Crippen molar-refractivity contribution in [3.05, 3.63) is 33.3 Å². The summed E-state index contributed by atoms with van der Waals surface area (Å²) in [6.07, 6.45) is 0. The molecule has 0 spiro atoms. The predicted octanol–water partition coefficient (Wildman–Crippen LogP) is 2.83. The molecule has 0 aliphatic rings. The molecule has 0 radical (unpaired) electrons. The molecule has 0 N–H and O–H groups in total. The van der Waals surface area contributed by atoms with Crippen LogP contribution in [0.5, 0.6) is 0 Å². The summed E-state index contributed by atoms with van der Waals surface area (Å²) < 4.78 is 0.711. The molecule has 13 heavy (non-hydrogen) atoms. The molecule has 0 saturated carbocycles. The van der Waals surface area contributed by atoms with E-state index in [0.29, 0.717) is 15.6 Å². The van der Waals surface area contributed by atoms with Crippen LogP contribution < -0.4 is 0 Å². The Morgan fingerprint density at radius 1 is 1.54 bits per heavy atom. The Balaban J connectivity index is 3.42. The van der Waals surface area contributed by atoms with Gasteiger partial charge in [-0.1, -0.05) is 0 Å². The fraction of sp³-hybridized carbons (Fsp3) is 0.200. The van der Waals surface area contributed by atoms with Crippen molar-refractivity contribution in [2.75, 3.05) is 0 Å². The van der Waals surface area contributed by atoms with E-state index >= 15 is 0 Å². The van der Waals surface area contributed by atoms with Crippen molar-refractivity contribution < 1.29 is 4.79 Å². The minimum atomic E-state index is 0.0164. The van der Waals surface area contributed by atoms with E-state index in [1.807, 2.05) is 13.0 Å². The molecule has 0 fully saturated rings. The molecule has 1 rings (SSSR count). The van der Waals surface area contributed by atoms with Crippen LogP contribution in [0.1, 0.15) is 28.4 Å². The van der Waals surface area contributed by atoms with Gasteiger partial charge in [0.1, 0.15) is 6.07 Å². The average molecular weight is 238 g/mol. The second kappa shape index (κ2) is 3.71. The number of ketones is 1. The normalized spacial score (nSPS) is 9.38. The van der Waals surface area contributed by atoms with Crippen molar-refractivity contribution in [1.82, 2.24) is 0 Å². The summed E-state index contributed by atoms with van der Waals surface area (Å²) in [5, 5.41) is 8.71. The van der Waals surface area contributed by atoms with E-state index in [1.165, 1.54) is 6.92 Å². The molecular weight excluding hydrogens is 230 g/mol. The Morgan fingerprint density at radius 3 is 2.62 bits per heavy atom. The lowest BCUT2D eigenvalue weighted by molar-refractivity contribution is 0.101. The molecule has 1 aromatic rings. The number of carbonyl (C=O) groups is 1. The molecule has 0 aliphatic carbocycles. The first-order chi connectivity index (χ1) is 6.07. The summed E-state index contributed by atoms with van der Waals surface area (Å²) in [7, 11) is 0. The van der Waals surface area contributed by atoms with E-state index in [4.69, 9.17) is 5.26 Å². The maximum Gasteiger partial charge on any atom is 0.160 e. The third-order valence-corrected chi connectivity index (χ3v) is 2.91. The first-order valence-corrected chi connectivity index (χ1v) is 4.57. The summed E-state index contributed by atoms with van der Waals surface area (Å²) in [4.78, 5) is 11.1. The SMILES string of the molecule is CC(=O)c1ccc(C#N)c(Br)c1C. The van der Waals surface area contributed by atoms with Gasteiger partial charge in [0.15, 0.2) is 5.78 Å². The molecule has 2 nitrogen and oxygen atoms in total. The minimum absolute atomic E-state index is 0.0164. The van der Waals surface area contributed by atoms with Gasteiger partial charge in [0.2, 0.25) is 0 Å². The van der Waals surface area contributed by atoms with Crippen molar-refractivity contribution in [2.24, 2.45) is 0 Å². The summed E-state index contributed by atoms with van der Waals surface area (Å²) >= 11 is 3.28. The third-order valence-electron chi connectivity index (χ3n) is 1.89. The Labute approximate surface area is 85.3 Å². The van der Waals surface area contributed by atoms with Crippen LogP contribution in [0.2, 0.25) is 0 Å². The molecule has 0 atom stereocenters. The molecule has 0 saturated heterocycles. The number of hydrogen-bond acceptors (Lipinski definition) is 2. The molecule has 0 unspecified atom stereocenters. The number of nitrogens with zero attached hydrogens (tertiary/aromatic N) is 1. The number of benzene rings is 1. The number of Topliss-reactive ketones (excluding diaryl/α,β-unsaturated/α-hetero) is 1. The molecule has 1 aromatic carbocycles. The standard InChI is InChI=1S/C10H8BrNO/c1-6-9(7(2)13)4-3-8(5-12)10(6)11/h3-4H,1-2H3. The van der Waals surface area contributed by atoms with Gasteiger partial charge in [0, 0.05) is 10.0 Å². The Bertz CT molecular complexity index is 404. The second-order valence-corrected chi connectivity index (χ2v) is 3.56. The van der Waals surface area contributed by atoms with E-state index in [-0.39, 0.29) is 5.78 Å². The van der Waals surface area contributed by atoms with Crippen molar-refractivity contribution in [3.63, 3.8) is 0 Å². The summed E-state index contributed by atoms with van der Waals surface area (Å²) in [6, 6.07) is 5.37. The molecule has 0 bridgehead atoms. The van der Waals surface area contributed by atoms with Crippen LogP contribution in [-0.4, -0.2) is 5.78 Å². The zero-order chi connectivity index (χ0) is 10.0. The highest BCUT2D eigenvalue weighted by Gasteiger charge is 2.09. The van der Waals surface area contributed by atoms with Crippen molar-refractivity contribution in [1.29, 1.82) is 5.26 Å². The summed E-state index contributed by atoms with van der Waals surface area (Å²) in [5.41, 5.74) is 2.04. The lowest BCUT2D eigenvalue weighted by Gasteiger charge is -2.04. The number of carbonyl (C=O) groups excluding carboxylic acids is 1. The fourth-order valence-electron chi connectivity index (χ4n) is 1.15. The number of hydrogen-bond donors (Lipinski definition) is 0. The second-order valence-electron chi connectivity index (χ2n) is 2.77. The zero-order valence-electron chi connectivity index (χ0n) is 7.39. The van der Waals surface area contributed by atoms with Gasteiger partial charge in [-0.25, -0.2) is 0 Å². The maximum absolute atomic E-state index is 11.1. The van der Waals surface area contributed by atoms with Crippen LogP contribution in [-0.2, 0) is 0 Å². The van der Waals surface area contributed by atoms with Crippen LogP contribution in [0.3, 0.4) is 0 Å². The predicted molar refractivity (Wildman–Crippen MR) is 53.6 cm³/mol. The highest BCUT2D eigenvalue weighted by atomic mass is 79.9. The smallest absolute Gasteiger partial charge is 0.160 e. The van der Waals surface area contributed by atoms with Gasteiger partial charge >= 0.3 is 0 Å². The van der Waals surface area contributed by atoms with Gasteiger partial charge in [-0.15, -0.1) is 0 Å². The third kappa shape index (κ3) is 1.78. The van der Waals surface area contributed by atoms with Crippen LogP contribution in [0.4, 0.5) is 0 Å². The van der Waals surface area contributed by atoms with E-state index in [2.05, 4.69) is 15.9 Å². The number of halogens is 1. The van der Waals surface area contributed by atoms with Crippen LogP contribution in [0.25, 0.3) is 0 Å². The first-order valence-electron chi connectivity index (χ1n) is 3.78. The van der Waals surface area contributed by atoms with Crippen molar-refractivity contribution in [2.45, 2.75) is 13.8 Å². The van der Waals surface area contributed by atoms with Gasteiger partial charge < -0.3 is 0 Å². The van der Waals surface area contributed by atoms with Gasteiger partial charge in [0.25, 0.3) is 0 Å². The Hall–Kier alpha value is -1.14. The van der Waals surface area contributed by atoms with Crippen LogP contribution in [0.15, 0.2) is 16.6 Å². The average Bonchev–Trinajstić information content (AvgIpc) is 2.09. The van der Waals surface area contributed by atoms with Gasteiger partial charge in [-0.05, 0) is 47.5 Å². The molecule has 0 heterocycles. The van der Waals surface area contributed by atoms with E-state index in [9.17, 15) is 4.79 Å². The molecule has 0 aromatic heterocycles. The molecule has 66 valence electrons. The lowest BCUT2D eigenvalue weighted by atomic mass is 10.0. The quantitative estimate of drug-likeness (QED) is 0.706. The van der Waals surface area contributed by atoms with Crippen LogP contribution >= 0.6 is 15.9 Å². The summed E-state index contributed by atoms with van der Waals surface area (Å²) in [5.74, 6) is 0.0164. The number of nitriles is 1. The zero-order valence-corrected chi connectivity index (χ0v) is 8.97. The monoisotopic (exact) mass is 237 g/mol. The lowest BCUT2D eigenvalue weighted by Crippen LogP contribution is -1.97.